The normalized spacial score (nSPS) is 11.9. The quantitative estimate of drug-likeness (QED) is 0.817. The van der Waals surface area contributed by atoms with E-state index < -0.39 is 9.84 Å². The van der Waals surface area contributed by atoms with Gasteiger partial charge in [-0.25, -0.2) is 8.42 Å². The average Bonchev–Trinajstić information content (AvgIpc) is 2.71. The molecule has 0 radical (unpaired) electrons. The zero-order valence-electron chi connectivity index (χ0n) is 11.3. The number of hydrogen-bond acceptors (Lipinski definition) is 3. The van der Waals surface area contributed by atoms with Crippen molar-refractivity contribution in [2.75, 3.05) is 18.6 Å². The van der Waals surface area contributed by atoms with Gasteiger partial charge in [-0.15, -0.1) is 0 Å². The molecule has 4 nitrogen and oxygen atoms in total. The van der Waals surface area contributed by atoms with Gasteiger partial charge in [0, 0.05) is 29.9 Å². The van der Waals surface area contributed by atoms with Gasteiger partial charge in [-0.1, -0.05) is 0 Å². The number of aryl methyl sites for hydroxylation is 1. The summed E-state index contributed by atoms with van der Waals surface area (Å²) in [6.45, 7) is 3.33. The van der Waals surface area contributed by atoms with E-state index >= 15 is 0 Å². The molecule has 0 fully saturated rings. The van der Waals surface area contributed by atoms with Crippen LogP contribution in [0.5, 0.6) is 5.75 Å². The first-order valence-corrected chi connectivity index (χ1v) is 8.45. The lowest BCUT2D eigenvalue weighted by molar-refractivity contribution is 0.340. The smallest absolute Gasteiger partial charge is 0.147 e. The topological polar surface area (TPSA) is 48.3 Å². The highest BCUT2D eigenvalue weighted by Crippen LogP contribution is 2.22. The summed E-state index contributed by atoms with van der Waals surface area (Å²) in [7, 11) is -2.88. The molecule has 2 rings (SSSR count). The van der Waals surface area contributed by atoms with Crippen molar-refractivity contribution >= 4 is 20.7 Å². The minimum absolute atomic E-state index is 0.226. The molecule has 0 saturated heterocycles. The van der Waals surface area contributed by atoms with Crippen molar-refractivity contribution in [2.24, 2.45) is 0 Å². The van der Waals surface area contributed by atoms with Crippen molar-refractivity contribution in [1.82, 2.24) is 4.57 Å². The second-order valence-electron chi connectivity index (χ2n) is 4.65. The summed E-state index contributed by atoms with van der Waals surface area (Å²) >= 11 is 0. The van der Waals surface area contributed by atoms with Crippen LogP contribution in [-0.4, -0.2) is 31.6 Å². The number of rotatable bonds is 6. The van der Waals surface area contributed by atoms with E-state index in [1.54, 1.807) is 0 Å². The lowest BCUT2D eigenvalue weighted by atomic mass is 10.2. The molecule has 0 aliphatic carbocycles. The molecule has 0 aliphatic rings. The van der Waals surface area contributed by atoms with Gasteiger partial charge in [-0.2, -0.15) is 0 Å². The van der Waals surface area contributed by atoms with Crippen LogP contribution in [0.1, 0.15) is 13.3 Å². The maximum Gasteiger partial charge on any atom is 0.147 e. The van der Waals surface area contributed by atoms with Crippen LogP contribution in [0.2, 0.25) is 0 Å². The molecule has 5 heteroatoms. The maximum atomic E-state index is 11.1. The third-order valence-corrected chi connectivity index (χ3v) is 4.00. The molecule has 19 heavy (non-hydrogen) atoms. The van der Waals surface area contributed by atoms with E-state index in [4.69, 9.17) is 4.74 Å². The molecule has 0 unspecified atom stereocenters. The van der Waals surface area contributed by atoms with Gasteiger partial charge in [-0.3, -0.25) is 0 Å². The van der Waals surface area contributed by atoms with Crippen LogP contribution in [-0.2, 0) is 16.4 Å². The lowest BCUT2D eigenvalue weighted by Gasteiger charge is -2.06. The minimum atomic E-state index is -2.88. The van der Waals surface area contributed by atoms with Crippen LogP contribution in [0.15, 0.2) is 30.5 Å². The van der Waals surface area contributed by atoms with Gasteiger partial charge >= 0.3 is 0 Å². The largest absolute Gasteiger partial charge is 0.494 e. The van der Waals surface area contributed by atoms with Crippen molar-refractivity contribution in [3.05, 3.63) is 30.5 Å². The fraction of sp³-hybridized carbons (Fsp3) is 0.429. The highest BCUT2D eigenvalue weighted by Gasteiger charge is 2.05. The van der Waals surface area contributed by atoms with Gasteiger partial charge in [0.1, 0.15) is 15.6 Å². The molecule has 2 aromatic rings. The van der Waals surface area contributed by atoms with Gasteiger partial charge in [-0.05, 0) is 37.6 Å². The van der Waals surface area contributed by atoms with Crippen molar-refractivity contribution in [1.29, 1.82) is 0 Å². The number of nitrogens with zero attached hydrogens (tertiary/aromatic N) is 1. The molecular weight excluding hydrogens is 262 g/mol. The highest BCUT2D eigenvalue weighted by atomic mass is 32.2. The Morgan fingerprint density at radius 2 is 2.05 bits per heavy atom. The molecule has 0 N–H and O–H groups in total. The second kappa shape index (κ2) is 5.65. The van der Waals surface area contributed by atoms with Crippen LogP contribution in [0.4, 0.5) is 0 Å². The summed E-state index contributed by atoms with van der Waals surface area (Å²) in [6.07, 6.45) is 3.90. The summed E-state index contributed by atoms with van der Waals surface area (Å²) in [5, 5.41) is 1.12. The molecular formula is C14H19NO3S. The molecule has 0 bridgehead atoms. The summed E-state index contributed by atoms with van der Waals surface area (Å²) in [5.41, 5.74) is 1.11. The molecule has 1 heterocycles. The Labute approximate surface area is 113 Å². The molecule has 1 aromatic heterocycles. The predicted molar refractivity (Wildman–Crippen MR) is 77.4 cm³/mol. The SMILES string of the molecule is CCOc1ccc2c(ccn2CCCS(C)(=O)=O)c1. The predicted octanol–water partition coefficient (Wildman–Crippen LogP) is 2.47. The summed E-state index contributed by atoms with van der Waals surface area (Å²) < 4.78 is 29.8. The Bertz CT molecular complexity index is 658. The molecule has 1 aromatic carbocycles. The van der Waals surface area contributed by atoms with Gasteiger partial charge in [0.2, 0.25) is 0 Å². The Morgan fingerprint density at radius 3 is 2.74 bits per heavy atom. The van der Waals surface area contributed by atoms with E-state index in [0.29, 0.717) is 19.6 Å². The van der Waals surface area contributed by atoms with Crippen LogP contribution in [0.25, 0.3) is 10.9 Å². The van der Waals surface area contributed by atoms with Gasteiger partial charge in [0.25, 0.3) is 0 Å². The van der Waals surface area contributed by atoms with E-state index in [0.717, 1.165) is 16.7 Å². The summed E-state index contributed by atoms with van der Waals surface area (Å²) in [6, 6.07) is 7.99. The monoisotopic (exact) mass is 281 g/mol. The third kappa shape index (κ3) is 3.73. The van der Waals surface area contributed by atoms with Crippen LogP contribution in [0.3, 0.4) is 0 Å². The van der Waals surface area contributed by atoms with Gasteiger partial charge in [0.15, 0.2) is 0 Å². The van der Waals surface area contributed by atoms with Crippen molar-refractivity contribution in [2.45, 2.75) is 19.9 Å². The van der Waals surface area contributed by atoms with Crippen molar-refractivity contribution in [3.63, 3.8) is 0 Å². The number of ether oxygens (including phenoxy) is 1. The molecule has 0 aliphatic heterocycles. The first kappa shape index (κ1) is 13.9. The van der Waals surface area contributed by atoms with E-state index in [1.165, 1.54) is 6.26 Å². The average molecular weight is 281 g/mol. The van der Waals surface area contributed by atoms with Crippen LogP contribution in [0, 0.1) is 0 Å². The minimum Gasteiger partial charge on any atom is -0.494 e. The number of benzene rings is 1. The number of aromatic nitrogens is 1. The zero-order chi connectivity index (χ0) is 13.9. The number of fused-ring (bicyclic) bond motifs is 1. The maximum absolute atomic E-state index is 11.1. The Kier molecular flexibility index (Phi) is 4.14. The van der Waals surface area contributed by atoms with Crippen molar-refractivity contribution < 1.29 is 13.2 Å². The van der Waals surface area contributed by atoms with Crippen molar-refractivity contribution in [3.8, 4) is 5.75 Å². The van der Waals surface area contributed by atoms with E-state index in [9.17, 15) is 8.42 Å². The zero-order valence-corrected chi connectivity index (χ0v) is 12.1. The van der Waals surface area contributed by atoms with Crippen LogP contribution < -0.4 is 4.74 Å². The van der Waals surface area contributed by atoms with Gasteiger partial charge in [0.05, 0.1) is 12.4 Å². The molecule has 0 amide bonds. The summed E-state index contributed by atoms with van der Waals surface area (Å²) in [4.78, 5) is 0. The molecule has 104 valence electrons. The van der Waals surface area contributed by atoms with Gasteiger partial charge < -0.3 is 9.30 Å². The fourth-order valence-electron chi connectivity index (χ4n) is 2.13. The molecule has 0 spiro atoms. The second-order valence-corrected chi connectivity index (χ2v) is 6.91. The Hall–Kier alpha value is -1.49. The lowest BCUT2D eigenvalue weighted by Crippen LogP contribution is -2.06. The van der Waals surface area contributed by atoms with E-state index in [-0.39, 0.29) is 5.75 Å². The first-order chi connectivity index (χ1) is 8.99. The third-order valence-electron chi connectivity index (χ3n) is 2.97. The Balaban J connectivity index is 2.12. The Morgan fingerprint density at radius 1 is 1.26 bits per heavy atom. The highest BCUT2D eigenvalue weighted by molar-refractivity contribution is 7.90. The van der Waals surface area contributed by atoms with E-state index in [2.05, 4.69) is 4.57 Å². The molecule has 0 atom stereocenters. The number of sulfone groups is 1. The molecule has 0 saturated carbocycles. The fourth-order valence-corrected chi connectivity index (χ4v) is 2.78. The number of hydrogen-bond donors (Lipinski definition) is 0. The standard InChI is InChI=1S/C14H19NO3S/c1-3-18-13-5-6-14-12(11-13)7-9-15(14)8-4-10-19(2,16)17/h5-7,9,11H,3-4,8,10H2,1-2H3. The summed E-state index contributed by atoms with van der Waals surface area (Å²) in [5.74, 6) is 1.09. The van der Waals surface area contributed by atoms with E-state index in [1.807, 2.05) is 37.4 Å². The first-order valence-electron chi connectivity index (χ1n) is 6.39. The van der Waals surface area contributed by atoms with Crippen LogP contribution >= 0.6 is 0 Å².